The van der Waals surface area contributed by atoms with Gasteiger partial charge in [-0.25, -0.2) is 4.79 Å². The van der Waals surface area contributed by atoms with Crippen molar-refractivity contribution in [3.05, 3.63) is 0 Å². The first-order valence-electron chi connectivity index (χ1n) is 11.3. The van der Waals surface area contributed by atoms with E-state index in [2.05, 4.69) is 10.2 Å². The molecule has 4 fully saturated rings. The van der Waals surface area contributed by atoms with Crippen molar-refractivity contribution in [2.45, 2.75) is 51.0 Å². The van der Waals surface area contributed by atoms with E-state index < -0.39 is 11.6 Å². The molecule has 0 aromatic heterocycles. The van der Waals surface area contributed by atoms with Gasteiger partial charge in [0.2, 0.25) is 11.8 Å². The van der Waals surface area contributed by atoms with Crippen LogP contribution in [-0.2, 0) is 14.4 Å². The lowest BCUT2D eigenvalue weighted by Crippen LogP contribution is -2.54. The fraction of sp³-hybridized carbons (Fsp3) is 0.810. The maximum Gasteiger partial charge on any atom is 0.325 e. The maximum atomic E-state index is 12.7. The van der Waals surface area contributed by atoms with Gasteiger partial charge in [-0.05, 0) is 38.5 Å². The molecule has 1 N–H and O–H groups in total. The molecule has 0 bridgehead atoms. The van der Waals surface area contributed by atoms with E-state index in [1.54, 1.807) is 11.8 Å². The molecule has 0 spiro atoms. The normalized spacial score (nSPS) is 28.5. The van der Waals surface area contributed by atoms with Crippen LogP contribution in [0.3, 0.4) is 0 Å². The third-order valence-electron chi connectivity index (χ3n) is 7.03. The second-order valence-electron chi connectivity index (χ2n) is 9.25. The molecule has 3 aliphatic heterocycles. The van der Waals surface area contributed by atoms with E-state index >= 15 is 0 Å². The molecular weight excluding hydrogens is 386 g/mol. The molecule has 0 radical (unpaired) electrons. The highest BCUT2D eigenvalue weighted by Crippen LogP contribution is 2.42. The van der Waals surface area contributed by atoms with Crippen LogP contribution in [0, 0.1) is 5.92 Å². The predicted octanol–water partition coefficient (Wildman–Crippen LogP) is 0.254. The molecule has 1 aliphatic carbocycles. The summed E-state index contributed by atoms with van der Waals surface area (Å²) in [5.41, 5.74) is -0.857. The molecule has 1 atom stereocenters. The number of carbonyl (C=O) groups excluding carboxylic acids is 4. The van der Waals surface area contributed by atoms with Crippen LogP contribution in [0.2, 0.25) is 0 Å². The summed E-state index contributed by atoms with van der Waals surface area (Å²) in [6.45, 7) is 5.93. The number of piperazine rings is 1. The third-order valence-corrected chi connectivity index (χ3v) is 7.03. The molecule has 4 aliphatic rings. The van der Waals surface area contributed by atoms with E-state index in [0.29, 0.717) is 32.7 Å². The van der Waals surface area contributed by atoms with Gasteiger partial charge in [0.25, 0.3) is 5.91 Å². The van der Waals surface area contributed by atoms with Crippen LogP contribution in [0.5, 0.6) is 0 Å². The van der Waals surface area contributed by atoms with Crippen molar-refractivity contribution in [3.63, 3.8) is 0 Å². The Bertz CT molecular complexity index is 708. The number of rotatable bonds is 5. The minimum atomic E-state index is -0.857. The quantitative estimate of drug-likeness (QED) is 0.645. The molecule has 4 rings (SSSR count). The average molecular weight is 420 g/mol. The molecule has 9 heteroatoms. The van der Waals surface area contributed by atoms with Gasteiger partial charge in [-0.15, -0.1) is 0 Å². The Morgan fingerprint density at radius 2 is 1.43 bits per heavy atom. The zero-order chi connectivity index (χ0) is 21.3. The Morgan fingerprint density at radius 1 is 0.867 bits per heavy atom. The maximum absolute atomic E-state index is 12.7. The standard InChI is InChI=1S/C21H33N5O4/c1-21(16-6-7-16)19(29)26(20(30)22-21)15-18(28)25-12-10-23(11-13-25)14-17(27)24-8-4-2-3-5-9-24/h16H,2-15H2,1H3,(H,22,30). The zero-order valence-corrected chi connectivity index (χ0v) is 17.9. The van der Waals surface area contributed by atoms with Crippen LogP contribution in [0.25, 0.3) is 0 Å². The van der Waals surface area contributed by atoms with Crippen molar-refractivity contribution in [1.82, 2.24) is 24.9 Å². The summed E-state index contributed by atoms with van der Waals surface area (Å²) in [7, 11) is 0. The Labute approximate surface area is 177 Å². The minimum absolute atomic E-state index is 0.176. The summed E-state index contributed by atoms with van der Waals surface area (Å²) in [5.74, 6) is -0.142. The van der Waals surface area contributed by atoms with E-state index in [4.69, 9.17) is 0 Å². The van der Waals surface area contributed by atoms with Crippen molar-refractivity contribution in [2.24, 2.45) is 5.92 Å². The van der Waals surface area contributed by atoms with E-state index in [0.717, 1.165) is 43.7 Å². The molecule has 1 unspecified atom stereocenters. The van der Waals surface area contributed by atoms with Crippen molar-refractivity contribution in [1.29, 1.82) is 0 Å². The Morgan fingerprint density at radius 3 is 2.03 bits per heavy atom. The van der Waals surface area contributed by atoms with Gasteiger partial charge in [0.1, 0.15) is 12.1 Å². The van der Waals surface area contributed by atoms with Gasteiger partial charge < -0.3 is 15.1 Å². The number of likely N-dealkylation sites (tertiary alicyclic amines) is 1. The van der Waals surface area contributed by atoms with Gasteiger partial charge in [0.15, 0.2) is 0 Å². The highest BCUT2D eigenvalue weighted by Gasteiger charge is 2.56. The number of hydrogen-bond donors (Lipinski definition) is 1. The summed E-state index contributed by atoms with van der Waals surface area (Å²) < 4.78 is 0. The van der Waals surface area contributed by atoms with E-state index in [1.165, 1.54) is 12.8 Å². The number of hydrogen-bond acceptors (Lipinski definition) is 5. The van der Waals surface area contributed by atoms with Gasteiger partial charge in [0, 0.05) is 39.3 Å². The van der Waals surface area contributed by atoms with Crippen molar-refractivity contribution >= 4 is 23.8 Å². The highest BCUT2D eigenvalue weighted by molar-refractivity contribution is 6.09. The Kier molecular flexibility index (Phi) is 5.99. The smallest absolute Gasteiger partial charge is 0.325 e. The molecule has 0 aromatic rings. The fourth-order valence-electron chi connectivity index (χ4n) is 4.80. The van der Waals surface area contributed by atoms with Crippen molar-refractivity contribution < 1.29 is 19.2 Å². The average Bonchev–Trinajstić information content (AvgIpc) is 3.56. The largest absolute Gasteiger partial charge is 0.342 e. The molecule has 3 heterocycles. The van der Waals surface area contributed by atoms with E-state index in [9.17, 15) is 19.2 Å². The van der Waals surface area contributed by atoms with Crippen LogP contribution < -0.4 is 5.32 Å². The lowest BCUT2D eigenvalue weighted by atomic mass is 9.96. The first-order chi connectivity index (χ1) is 14.4. The van der Waals surface area contributed by atoms with Crippen LogP contribution >= 0.6 is 0 Å². The van der Waals surface area contributed by atoms with Crippen LogP contribution in [0.1, 0.15) is 45.4 Å². The van der Waals surface area contributed by atoms with Crippen molar-refractivity contribution in [3.8, 4) is 0 Å². The first-order valence-corrected chi connectivity index (χ1v) is 11.3. The fourth-order valence-corrected chi connectivity index (χ4v) is 4.80. The van der Waals surface area contributed by atoms with Crippen molar-refractivity contribution in [2.75, 3.05) is 52.4 Å². The Hall–Kier alpha value is -2.16. The highest BCUT2D eigenvalue weighted by atomic mass is 16.2. The number of imide groups is 1. The second-order valence-corrected chi connectivity index (χ2v) is 9.25. The molecule has 30 heavy (non-hydrogen) atoms. The number of carbonyl (C=O) groups is 4. The van der Waals surface area contributed by atoms with Gasteiger partial charge in [-0.2, -0.15) is 0 Å². The van der Waals surface area contributed by atoms with Gasteiger partial charge in [0.05, 0.1) is 6.54 Å². The molecule has 3 saturated heterocycles. The summed E-state index contributed by atoms with van der Waals surface area (Å²) in [6.07, 6.45) is 6.42. The van der Waals surface area contributed by atoms with E-state index in [1.807, 2.05) is 4.90 Å². The first kappa shape index (κ1) is 21.1. The SMILES string of the molecule is CC1(C2CC2)NC(=O)N(CC(=O)N2CCN(CC(=O)N3CCCCCC3)CC2)C1=O. The third kappa shape index (κ3) is 4.31. The lowest BCUT2D eigenvalue weighted by Gasteiger charge is -2.35. The predicted molar refractivity (Wildman–Crippen MR) is 109 cm³/mol. The minimum Gasteiger partial charge on any atom is -0.342 e. The summed E-state index contributed by atoms with van der Waals surface area (Å²) in [4.78, 5) is 57.1. The van der Waals surface area contributed by atoms with Gasteiger partial charge >= 0.3 is 6.03 Å². The van der Waals surface area contributed by atoms with Crippen LogP contribution in [-0.4, -0.2) is 101 Å². The monoisotopic (exact) mass is 419 g/mol. The molecule has 9 nitrogen and oxygen atoms in total. The number of urea groups is 1. The van der Waals surface area contributed by atoms with Crippen LogP contribution in [0.4, 0.5) is 4.79 Å². The van der Waals surface area contributed by atoms with Gasteiger partial charge in [-0.3, -0.25) is 24.2 Å². The molecular formula is C21H33N5O4. The van der Waals surface area contributed by atoms with E-state index in [-0.39, 0.29) is 30.2 Å². The number of nitrogens with one attached hydrogen (secondary N) is 1. The molecule has 0 aromatic carbocycles. The summed E-state index contributed by atoms with van der Waals surface area (Å²) in [5, 5.41) is 2.78. The van der Waals surface area contributed by atoms with Gasteiger partial charge in [-0.1, -0.05) is 12.8 Å². The molecule has 5 amide bonds. The lowest BCUT2D eigenvalue weighted by molar-refractivity contribution is -0.140. The Balaban J connectivity index is 1.24. The number of amides is 5. The number of nitrogens with zero attached hydrogens (tertiary/aromatic N) is 4. The second kappa shape index (κ2) is 8.53. The molecule has 1 saturated carbocycles. The zero-order valence-electron chi connectivity index (χ0n) is 17.9. The van der Waals surface area contributed by atoms with Crippen LogP contribution in [0.15, 0.2) is 0 Å². The summed E-state index contributed by atoms with van der Waals surface area (Å²) in [6, 6.07) is -0.468. The summed E-state index contributed by atoms with van der Waals surface area (Å²) >= 11 is 0. The topological polar surface area (TPSA) is 93.3 Å². The molecule has 166 valence electrons.